The fourth-order valence-electron chi connectivity index (χ4n) is 1.59. The predicted octanol–water partition coefficient (Wildman–Crippen LogP) is 4.69. The van der Waals surface area contributed by atoms with Crippen molar-refractivity contribution >= 4 is 12.0 Å². The number of rotatable bonds is 3. The molecule has 1 atom stereocenters. The summed E-state index contributed by atoms with van der Waals surface area (Å²) < 4.78 is 88.5. The summed E-state index contributed by atoms with van der Waals surface area (Å²) in [7, 11) is 0. The number of alkyl halides is 6. The molecule has 0 spiro atoms. The summed E-state index contributed by atoms with van der Waals surface area (Å²) in [5, 5.41) is 0. The fourth-order valence-corrected chi connectivity index (χ4v) is 1.59. The van der Waals surface area contributed by atoms with Gasteiger partial charge in [0.05, 0.1) is 12.5 Å². The zero-order chi connectivity index (χ0) is 18.1. The van der Waals surface area contributed by atoms with E-state index in [0.717, 1.165) is 26.0 Å². The maximum Gasteiger partial charge on any atom is 0.417 e. The minimum absolute atomic E-state index is 0.00715. The van der Waals surface area contributed by atoms with Gasteiger partial charge in [0, 0.05) is 6.92 Å². The Morgan fingerprint density at radius 2 is 1.82 bits per heavy atom. The van der Waals surface area contributed by atoms with Gasteiger partial charge in [0.2, 0.25) is 0 Å². The number of halogens is 6. The van der Waals surface area contributed by atoms with E-state index < -0.39 is 41.1 Å². The van der Waals surface area contributed by atoms with Gasteiger partial charge in [0.25, 0.3) is 0 Å². The van der Waals surface area contributed by atoms with Crippen LogP contribution in [0.5, 0.6) is 0 Å². The van der Waals surface area contributed by atoms with Crippen LogP contribution in [0.1, 0.15) is 31.9 Å². The van der Waals surface area contributed by atoms with Crippen LogP contribution < -0.4 is 0 Å². The summed E-state index contributed by atoms with van der Waals surface area (Å²) in [6.45, 7) is 2.11. The molecular weight excluding hydrogens is 314 g/mol. The summed E-state index contributed by atoms with van der Waals surface area (Å²) in [6.07, 6.45) is -10.2. The molecular formula is C14H12F6O2. The second-order valence-electron chi connectivity index (χ2n) is 4.34. The molecule has 0 amide bonds. The van der Waals surface area contributed by atoms with Crippen molar-refractivity contribution in [1.82, 2.24) is 0 Å². The smallest absolute Gasteiger partial charge is 0.417 e. The van der Waals surface area contributed by atoms with Crippen molar-refractivity contribution in [2.75, 3.05) is 0 Å². The number of carbonyl (C=O) groups excluding carboxylic acids is 1. The molecule has 0 aliphatic carbocycles. The molecule has 2 nitrogen and oxygen atoms in total. The van der Waals surface area contributed by atoms with E-state index in [0.29, 0.717) is 12.1 Å². The SMILES string of the molecule is [2H]C(C)(/C=C\c1ccc(C(F)(F)F)cc1C(F)(F)F)OC(C)=O. The zero-order valence-corrected chi connectivity index (χ0v) is 11.5. The number of hydrogen-bond acceptors (Lipinski definition) is 2. The minimum atomic E-state index is -5.01. The average Bonchev–Trinajstić information content (AvgIpc) is 2.32. The Labute approximate surface area is 123 Å². The van der Waals surface area contributed by atoms with Gasteiger partial charge in [-0.25, -0.2) is 0 Å². The Hall–Kier alpha value is -1.99. The molecule has 1 aromatic carbocycles. The van der Waals surface area contributed by atoms with Gasteiger partial charge in [-0.2, -0.15) is 26.3 Å². The van der Waals surface area contributed by atoms with Crippen LogP contribution in [0, 0.1) is 0 Å². The van der Waals surface area contributed by atoms with E-state index in [2.05, 4.69) is 4.74 Å². The molecule has 1 unspecified atom stereocenters. The molecule has 1 aromatic rings. The maximum atomic E-state index is 12.9. The van der Waals surface area contributed by atoms with Crippen LogP contribution in [0.2, 0.25) is 0 Å². The summed E-state index contributed by atoms with van der Waals surface area (Å²) in [6, 6.07) is 1.14. The van der Waals surface area contributed by atoms with E-state index in [9.17, 15) is 31.1 Å². The second-order valence-corrected chi connectivity index (χ2v) is 4.34. The first-order valence-corrected chi connectivity index (χ1v) is 5.89. The molecule has 0 aliphatic rings. The summed E-state index contributed by atoms with van der Waals surface area (Å²) in [5.74, 6) is -0.824. The molecule has 0 saturated heterocycles. The monoisotopic (exact) mass is 327 g/mol. The van der Waals surface area contributed by atoms with Gasteiger partial charge >= 0.3 is 18.3 Å². The van der Waals surface area contributed by atoms with Crippen LogP contribution in [0.3, 0.4) is 0 Å². The highest BCUT2D eigenvalue weighted by Crippen LogP contribution is 2.37. The maximum absolute atomic E-state index is 12.9. The standard InChI is InChI=1S/C14H12F6O2/c1-8(22-9(2)21)3-4-10-5-6-11(13(15,16)17)7-12(10)14(18,19)20/h3-8H,1-2H3/b4-3-/i8D. The van der Waals surface area contributed by atoms with E-state index >= 15 is 0 Å². The lowest BCUT2D eigenvalue weighted by atomic mass is 10.0. The summed E-state index contributed by atoms with van der Waals surface area (Å²) in [5.41, 5.74) is -3.51. The van der Waals surface area contributed by atoms with Crippen LogP contribution in [0.25, 0.3) is 6.08 Å². The van der Waals surface area contributed by atoms with E-state index in [-0.39, 0.29) is 6.07 Å². The first-order valence-electron chi connectivity index (χ1n) is 6.39. The predicted molar refractivity (Wildman–Crippen MR) is 66.7 cm³/mol. The number of benzene rings is 1. The Morgan fingerprint density at radius 1 is 1.23 bits per heavy atom. The Morgan fingerprint density at radius 3 is 2.27 bits per heavy atom. The number of hydrogen-bond donors (Lipinski definition) is 0. The van der Waals surface area contributed by atoms with Crippen LogP contribution in [-0.2, 0) is 21.9 Å². The summed E-state index contributed by atoms with van der Waals surface area (Å²) >= 11 is 0. The van der Waals surface area contributed by atoms with Crippen LogP contribution in [-0.4, -0.2) is 12.0 Å². The normalized spacial score (nSPS) is 16.3. The third-order valence-electron chi connectivity index (χ3n) is 2.49. The van der Waals surface area contributed by atoms with Crippen LogP contribution in [0.4, 0.5) is 26.3 Å². The van der Waals surface area contributed by atoms with Gasteiger partial charge in [-0.15, -0.1) is 0 Å². The lowest BCUT2D eigenvalue weighted by molar-refractivity contribution is -0.144. The van der Waals surface area contributed by atoms with Crippen molar-refractivity contribution < 1.29 is 37.2 Å². The molecule has 0 bridgehead atoms. The molecule has 0 radical (unpaired) electrons. The van der Waals surface area contributed by atoms with Gasteiger partial charge in [0.15, 0.2) is 0 Å². The molecule has 0 fully saturated rings. The highest BCUT2D eigenvalue weighted by atomic mass is 19.4. The highest BCUT2D eigenvalue weighted by molar-refractivity contribution is 5.66. The summed E-state index contributed by atoms with van der Waals surface area (Å²) in [4.78, 5) is 10.8. The number of esters is 1. The van der Waals surface area contributed by atoms with Crippen molar-refractivity contribution in [3.8, 4) is 0 Å². The van der Waals surface area contributed by atoms with Crippen LogP contribution in [0.15, 0.2) is 24.3 Å². The van der Waals surface area contributed by atoms with E-state index in [1.165, 1.54) is 0 Å². The Kier molecular flexibility index (Phi) is 4.77. The zero-order valence-electron chi connectivity index (χ0n) is 12.5. The van der Waals surface area contributed by atoms with E-state index in [1.807, 2.05) is 0 Å². The quantitative estimate of drug-likeness (QED) is 0.595. The van der Waals surface area contributed by atoms with Gasteiger partial charge in [0.1, 0.15) is 6.08 Å². The third-order valence-corrected chi connectivity index (χ3v) is 2.49. The molecule has 122 valence electrons. The second kappa shape index (κ2) is 6.41. The first-order chi connectivity index (χ1) is 10.2. The molecule has 0 heterocycles. The third kappa shape index (κ3) is 5.09. The molecule has 0 N–H and O–H groups in total. The van der Waals surface area contributed by atoms with Gasteiger partial charge in [-0.1, -0.05) is 12.1 Å². The van der Waals surface area contributed by atoms with E-state index in [1.54, 1.807) is 0 Å². The minimum Gasteiger partial charge on any atom is -0.459 e. The number of ether oxygens (including phenoxy) is 1. The molecule has 0 aromatic heterocycles. The molecule has 0 saturated carbocycles. The Balaban J connectivity index is 3.29. The van der Waals surface area contributed by atoms with Crippen LogP contribution >= 0.6 is 0 Å². The van der Waals surface area contributed by atoms with Gasteiger partial charge in [-0.3, -0.25) is 4.79 Å². The first kappa shape index (κ1) is 16.4. The lowest BCUT2D eigenvalue weighted by Crippen LogP contribution is -2.12. The molecule has 1 rings (SSSR count). The van der Waals surface area contributed by atoms with Gasteiger partial charge < -0.3 is 4.74 Å². The molecule has 22 heavy (non-hydrogen) atoms. The van der Waals surface area contributed by atoms with Crippen molar-refractivity contribution in [1.29, 1.82) is 0 Å². The molecule has 8 heteroatoms. The van der Waals surface area contributed by atoms with Crippen molar-refractivity contribution in [2.24, 2.45) is 0 Å². The lowest BCUT2D eigenvalue weighted by Gasteiger charge is -2.14. The average molecular weight is 327 g/mol. The van der Waals surface area contributed by atoms with Crippen molar-refractivity contribution in [3.63, 3.8) is 0 Å². The fraction of sp³-hybridized carbons (Fsp3) is 0.357. The van der Waals surface area contributed by atoms with Crippen molar-refractivity contribution in [2.45, 2.75) is 32.3 Å². The Bertz CT molecular complexity index is 617. The largest absolute Gasteiger partial charge is 0.459 e. The highest BCUT2D eigenvalue weighted by Gasteiger charge is 2.37. The number of carbonyl (C=O) groups is 1. The van der Waals surface area contributed by atoms with Crippen molar-refractivity contribution in [3.05, 3.63) is 41.0 Å². The molecule has 0 aliphatic heterocycles. The van der Waals surface area contributed by atoms with E-state index in [4.69, 9.17) is 1.37 Å². The van der Waals surface area contributed by atoms with Gasteiger partial charge in [-0.05, 0) is 30.7 Å². The topological polar surface area (TPSA) is 26.3 Å².